The van der Waals surface area contributed by atoms with Crippen LogP contribution in [0.4, 0.5) is 14.7 Å². The van der Waals surface area contributed by atoms with Crippen LogP contribution in [0.1, 0.15) is 70.6 Å². The molecule has 0 aliphatic heterocycles. The first-order valence-electron chi connectivity index (χ1n) is 14.0. The Morgan fingerprint density at radius 3 is 2.27 bits per heavy atom. The molecular formula is C31H39F2N5O3. The zero-order valence-electron chi connectivity index (χ0n) is 24.1. The van der Waals surface area contributed by atoms with Gasteiger partial charge in [-0.05, 0) is 87.1 Å². The maximum Gasteiger partial charge on any atom is 0.253 e. The average Bonchev–Trinajstić information content (AvgIpc) is 2.91. The Bertz CT molecular complexity index is 1310. The van der Waals surface area contributed by atoms with Gasteiger partial charge in [-0.2, -0.15) is 0 Å². The van der Waals surface area contributed by atoms with Gasteiger partial charge in [0.25, 0.3) is 11.8 Å². The molecule has 1 heterocycles. The summed E-state index contributed by atoms with van der Waals surface area (Å²) in [6.07, 6.45) is 2.36. The summed E-state index contributed by atoms with van der Waals surface area (Å²) >= 11 is 0. The number of nitrogens with one attached hydrogen (secondary N) is 2. The molecule has 220 valence electrons. The average molecular weight is 568 g/mol. The second-order valence-corrected chi connectivity index (χ2v) is 10.2. The predicted molar refractivity (Wildman–Crippen MR) is 155 cm³/mol. The largest absolute Gasteiger partial charge is 0.391 e. The van der Waals surface area contributed by atoms with Gasteiger partial charge in [-0.15, -0.1) is 0 Å². The number of aromatic nitrogens is 2. The SMILES string of the molecule is CCCN(CCC)C(=O)c1cc(C)cc(C(=O)N[C@@H](Cc2cc(F)cc(F)c2)[C@@H](O)CCNc2nccc(C)n2)c1. The van der Waals surface area contributed by atoms with Gasteiger partial charge in [0.1, 0.15) is 11.6 Å². The third-order valence-electron chi connectivity index (χ3n) is 6.54. The van der Waals surface area contributed by atoms with Crippen LogP contribution in [0, 0.1) is 25.5 Å². The van der Waals surface area contributed by atoms with E-state index in [0.717, 1.165) is 30.2 Å². The quantitative estimate of drug-likeness (QED) is 0.257. The highest BCUT2D eigenvalue weighted by atomic mass is 19.1. The van der Waals surface area contributed by atoms with E-state index in [1.165, 1.54) is 12.1 Å². The molecule has 0 saturated carbocycles. The Morgan fingerprint density at radius 1 is 0.976 bits per heavy atom. The number of benzene rings is 2. The highest BCUT2D eigenvalue weighted by Gasteiger charge is 2.24. The molecule has 0 bridgehead atoms. The number of carbonyl (C=O) groups is 2. The number of nitrogens with zero attached hydrogens (tertiary/aromatic N) is 3. The van der Waals surface area contributed by atoms with E-state index in [9.17, 15) is 23.5 Å². The van der Waals surface area contributed by atoms with Crippen LogP contribution >= 0.6 is 0 Å². The van der Waals surface area contributed by atoms with Crippen LogP contribution in [0.3, 0.4) is 0 Å². The van der Waals surface area contributed by atoms with Crippen molar-refractivity contribution in [2.45, 2.75) is 65.5 Å². The molecule has 0 aliphatic rings. The minimum Gasteiger partial charge on any atom is -0.391 e. The monoisotopic (exact) mass is 567 g/mol. The Balaban J connectivity index is 1.81. The van der Waals surface area contributed by atoms with E-state index in [4.69, 9.17) is 0 Å². The van der Waals surface area contributed by atoms with E-state index < -0.39 is 29.7 Å². The minimum atomic E-state index is -1.07. The summed E-state index contributed by atoms with van der Waals surface area (Å²) in [5.41, 5.74) is 2.47. The zero-order chi connectivity index (χ0) is 29.9. The third-order valence-corrected chi connectivity index (χ3v) is 6.54. The van der Waals surface area contributed by atoms with Crippen molar-refractivity contribution in [1.82, 2.24) is 20.2 Å². The topological polar surface area (TPSA) is 107 Å². The van der Waals surface area contributed by atoms with Crippen molar-refractivity contribution in [1.29, 1.82) is 0 Å². The van der Waals surface area contributed by atoms with Gasteiger partial charge in [0.2, 0.25) is 5.95 Å². The Morgan fingerprint density at radius 2 is 1.63 bits per heavy atom. The number of aliphatic hydroxyl groups is 1. The maximum atomic E-state index is 13.9. The Labute approximate surface area is 240 Å². The molecule has 2 atom stereocenters. The van der Waals surface area contributed by atoms with Gasteiger partial charge < -0.3 is 20.6 Å². The van der Waals surface area contributed by atoms with Crippen molar-refractivity contribution in [3.05, 3.63) is 88.2 Å². The summed E-state index contributed by atoms with van der Waals surface area (Å²) in [5.74, 6) is -1.74. The van der Waals surface area contributed by atoms with Crippen molar-refractivity contribution >= 4 is 17.8 Å². The summed E-state index contributed by atoms with van der Waals surface area (Å²) in [6, 6.07) is 8.96. The Hall–Kier alpha value is -3.92. The van der Waals surface area contributed by atoms with Crippen LogP contribution in [0.25, 0.3) is 0 Å². The zero-order valence-corrected chi connectivity index (χ0v) is 24.1. The van der Waals surface area contributed by atoms with Crippen molar-refractivity contribution in [3.8, 4) is 0 Å². The Kier molecular flexibility index (Phi) is 11.7. The molecule has 1 aromatic heterocycles. The van der Waals surface area contributed by atoms with E-state index in [0.29, 0.717) is 31.1 Å². The minimum absolute atomic E-state index is 0.0130. The van der Waals surface area contributed by atoms with Crippen LogP contribution in [0.2, 0.25) is 0 Å². The summed E-state index contributed by atoms with van der Waals surface area (Å²) in [7, 11) is 0. The van der Waals surface area contributed by atoms with Gasteiger partial charge in [0.15, 0.2) is 0 Å². The van der Waals surface area contributed by atoms with Gasteiger partial charge in [0, 0.05) is 48.7 Å². The third kappa shape index (κ3) is 9.60. The number of hydrogen-bond donors (Lipinski definition) is 3. The van der Waals surface area contributed by atoms with Crippen LogP contribution in [-0.4, -0.2) is 63.6 Å². The van der Waals surface area contributed by atoms with E-state index in [1.54, 1.807) is 42.3 Å². The fourth-order valence-electron chi connectivity index (χ4n) is 4.66. The summed E-state index contributed by atoms with van der Waals surface area (Å²) in [6.45, 7) is 9.17. The van der Waals surface area contributed by atoms with Gasteiger partial charge in [0.05, 0.1) is 12.1 Å². The molecule has 0 aliphatic carbocycles. The fraction of sp³-hybridized carbons (Fsp3) is 0.419. The first-order chi connectivity index (χ1) is 19.6. The molecule has 0 unspecified atom stereocenters. The summed E-state index contributed by atoms with van der Waals surface area (Å²) in [5, 5.41) is 17.0. The van der Waals surface area contributed by atoms with Crippen molar-refractivity contribution in [3.63, 3.8) is 0 Å². The highest BCUT2D eigenvalue weighted by Crippen LogP contribution is 2.17. The smallest absolute Gasteiger partial charge is 0.253 e. The second kappa shape index (κ2) is 15.2. The number of anilines is 1. The molecular weight excluding hydrogens is 528 g/mol. The number of rotatable bonds is 14. The number of hydrogen-bond acceptors (Lipinski definition) is 6. The van der Waals surface area contributed by atoms with Crippen LogP contribution in [-0.2, 0) is 6.42 Å². The van der Waals surface area contributed by atoms with Gasteiger partial charge in [-0.3, -0.25) is 9.59 Å². The molecule has 2 aromatic carbocycles. The number of aryl methyl sites for hydroxylation is 2. The molecule has 8 nitrogen and oxygen atoms in total. The van der Waals surface area contributed by atoms with Crippen molar-refractivity contribution < 1.29 is 23.5 Å². The molecule has 0 spiro atoms. The predicted octanol–water partition coefficient (Wildman–Crippen LogP) is 4.84. The molecule has 3 aromatic rings. The van der Waals surface area contributed by atoms with Gasteiger partial charge in [-0.1, -0.05) is 13.8 Å². The number of aliphatic hydroxyl groups excluding tert-OH is 1. The number of carbonyl (C=O) groups excluding carboxylic acids is 2. The lowest BCUT2D eigenvalue weighted by Crippen LogP contribution is -2.45. The first-order valence-corrected chi connectivity index (χ1v) is 14.0. The molecule has 10 heteroatoms. The van der Waals surface area contributed by atoms with E-state index >= 15 is 0 Å². The molecule has 41 heavy (non-hydrogen) atoms. The lowest BCUT2D eigenvalue weighted by molar-refractivity contribution is 0.0755. The van der Waals surface area contributed by atoms with E-state index in [-0.39, 0.29) is 29.9 Å². The van der Waals surface area contributed by atoms with E-state index in [1.807, 2.05) is 20.8 Å². The molecule has 0 saturated heterocycles. The summed E-state index contributed by atoms with van der Waals surface area (Å²) in [4.78, 5) is 36.8. The molecule has 3 N–H and O–H groups in total. The van der Waals surface area contributed by atoms with Gasteiger partial charge >= 0.3 is 0 Å². The highest BCUT2D eigenvalue weighted by molar-refractivity contribution is 6.00. The standard InChI is InChI=1S/C31H39F2N5O3/c1-5-11-38(12-6-2)30(41)24-14-20(3)13-23(18-24)29(40)37-27(17-22-15-25(32)19-26(33)16-22)28(39)8-10-35-31-34-9-7-21(4)36-31/h7,9,13-16,18-19,27-28,39H,5-6,8,10-12,17H2,1-4H3,(H,37,40)(H,34,35,36)/t27-,28-/m0/s1. The van der Waals surface area contributed by atoms with Crippen molar-refractivity contribution in [2.75, 3.05) is 25.0 Å². The molecule has 2 amide bonds. The van der Waals surface area contributed by atoms with Crippen molar-refractivity contribution in [2.24, 2.45) is 0 Å². The second-order valence-electron chi connectivity index (χ2n) is 10.2. The maximum absolute atomic E-state index is 13.9. The number of halogens is 2. The molecule has 0 radical (unpaired) electrons. The van der Waals surface area contributed by atoms with Crippen LogP contribution < -0.4 is 10.6 Å². The van der Waals surface area contributed by atoms with Crippen LogP contribution in [0.5, 0.6) is 0 Å². The number of amides is 2. The van der Waals surface area contributed by atoms with E-state index in [2.05, 4.69) is 20.6 Å². The summed E-state index contributed by atoms with van der Waals surface area (Å²) < 4.78 is 27.8. The first kappa shape index (κ1) is 31.6. The lowest BCUT2D eigenvalue weighted by Gasteiger charge is -2.25. The molecule has 3 rings (SSSR count). The normalized spacial score (nSPS) is 12.5. The molecule has 0 fully saturated rings. The fourth-order valence-corrected chi connectivity index (χ4v) is 4.66. The van der Waals surface area contributed by atoms with Gasteiger partial charge in [-0.25, -0.2) is 18.7 Å². The lowest BCUT2D eigenvalue weighted by atomic mass is 9.97. The van der Waals surface area contributed by atoms with Crippen LogP contribution in [0.15, 0.2) is 48.7 Å².